The highest BCUT2D eigenvalue weighted by atomic mass is 31.1. The average molecular weight is 691 g/mol. The monoisotopic (exact) mass is 690 g/mol. The lowest BCUT2D eigenvalue weighted by Crippen LogP contribution is -2.46. The van der Waals surface area contributed by atoms with Crippen LogP contribution >= 0.6 is 15.8 Å². The van der Waals surface area contributed by atoms with Crippen molar-refractivity contribution in [1.29, 1.82) is 0 Å². The van der Waals surface area contributed by atoms with Gasteiger partial charge in [0.15, 0.2) is 0 Å². The van der Waals surface area contributed by atoms with Crippen LogP contribution in [0.25, 0.3) is 0 Å². The van der Waals surface area contributed by atoms with E-state index in [4.69, 9.17) is 18.9 Å². The van der Waals surface area contributed by atoms with Crippen molar-refractivity contribution in [3.63, 3.8) is 0 Å². The van der Waals surface area contributed by atoms with Gasteiger partial charge >= 0.3 is 12.6 Å². The number of hydrogen-bond acceptors (Lipinski definition) is 4. The molecule has 4 aliphatic rings. The zero-order valence-electron chi connectivity index (χ0n) is 25.7. The van der Waals surface area contributed by atoms with Crippen LogP contribution in [0.4, 0.5) is 17.6 Å². The van der Waals surface area contributed by atoms with E-state index in [1.165, 1.54) is 0 Å². The Balaban J connectivity index is 1.35. The van der Waals surface area contributed by atoms with Crippen molar-refractivity contribution in [2.24, 2.45) is 11.8 Å². The van der Waals surface area contributed by atoms with E-state index in [9.17, 15) is 0 Å². The minimum absolute atomic E-state index is 0.0297. The Kier molecular flexibility index (Phi) is 8.41. The van der Waals surface area contributed by atoms with Crippen molar-refractivity contribution in [3.05, 3.63) is 144 Å². The predicted octanol–water partition coefficient (Wildman–Crippen LogP) is 8.08. The summed E-state index contributed by atoms with van der Waals surface area (Å²) in [5, 5.41) is 5.03. The number of halogens is 4. The third-order valence-corrected chi connectivity index (χ3v) is 15.0. The summed E-state index contributed by atoms with van der Waals surface area (Å²) in [5.74, 6) is -1.45. The molecule has 8 rings (SSSR count). The van der Waals surface area contributed by atoms with Crippen LogP contribution in [-0.2, 0) is 18.9 Å². The molecule has 2 unspecified atom stereocenters. The van der Waals surface area contributed by atoms with Crippen molar-refractivity contribution in [2.75, 3.05) is 0 Å². The molecule has 0 N–H and O–H groups in total. The molecule has 2 heterocycles. The normalized spacial score (nSPS) is 27.2. The molecule has 48 heavy (non-hydrogen) atoms. The smallest absolute Gasteiger partial charge is 0.400 e. The van der Waals surface area contributed by atoms with Gasteiger partial charge in [-0.1, -0.05) is 127 Å². The Morgan fingerprint density at radius 3 is 1.65 bits per heavy atom. The van der Waals surface area contributed by atoms with Gasteiger partial charge in [0.25, 0.3) is 0 Å². The zero-order chi connectivity index (χ0) is 32.9. The standard InChI is InChI=1S/C38H32F4O4P2/c39-37(40)43-29-21-23-31(47(25-13-5-1-6-14-25)26-15-7-2-8-16-26)33(35(29)45-37)34-32(24-22-30-36(34)46-38(41,42)44-30)48(27-17-9-3-10-18-27)28-19-11-4-12-20-28/h1-20,23,29,32-35H,21-22,24H2/t29-,32-,33-,34?,35?/m0/s1. The highest BCUT2D eigenvalue weighted by Crippen LogP contribution is 2.63. The quantitative estimate of drug-likeness (QED) is 0.145. The molecule has 246 valence electrons. The van der Waals surface area contributed by atoms with Crippen LogP contribution in [0.1, 0.15) is 19.3 Å². The Labute approximate surface area is 278 Å². The number of hydrogen-bond donors (Lipinski definition) is 0. The third kappa shape index (κ3) is 5.98. The number of fused-ring (bicyclic) bond motifs is 1. The second-order valence-corrected chi connectivity index (χ2v) is 16.9. The van der Waals surface area contributed by atoms with Gasteiger partial charge < -0.3 is 9.47 Å². The molecule has 5 atom stereocenters. The second-order valence-electron chi connectivity index (χ2n) is 12.2. The van der Waals surface area contributed by atoms with E-state index >= 15 is 17.6 Å². The first-order valence-corrected chi connectivity index (χ1v) is 18.8. The minimum atomic E-state index is -3.86. The molecule has 0 bridgehead atoms. The van der Waals surface area contributed by atoms with Gasteiger partial charge in [0.2, 0.25) is 0 Å². The molecule has 2 aliphatic carbocycles. The lowest BCUT2D eigenvalue weighted by atomic mass is 9.74. The topological polar surface area (TPSA) is 36.9 Å². The van der Waals surface area contributed by atoms with E-state index in [1.807, 2.05) is 103 Å². The molecule has 1 fully saturated rings. The van der Waals surface area contributed by atoms with Gasteiger partial charge in [0, 0.05) is 18.3 Å². The van der Waals surface area contributed by atoms with E-state index in [0.29, 0.717) is 6.42 Å². The van der Waals surface area contributed by atoms with Crippen LogP contribution in [0.3, 0.4) is 0 Å². The van der Waals surface area contributed by atoms with E-state index in [-0.39, 0.29) is 30.0 Å². The summed E-state index contributed by atoms with van der Waals surface area (Å²) in [6, 6.07) is 39.9. The maximum Gasteiger partial charge on any atom is 0.585 e. The molecule has 4 aromatic rings. The SMILES string of the molecule is FC1(F)OC2=C(O1)C([C@@H]1C(P(c3ccccc3)c3ccccc3)=CC[C@@H]3OC(F)(F)OC13)[C@@H](P(c1ccccc1)c1ccccc1)CC2. The van der Waals surface area contributed by atoms with Crippen LogP contribution in [0.5, 0.6) is 0 Å². The van der Waals surface area contributed by atoms with Gasteiger partial charge in [-0.2, -0.15) is 0 Å². The largest absolute Gasteiger partial charge is 0.585 e. The Morgan fingerprint density at radius 2 is 1.10 bits per heavy atom. The highest BCUT2D eigenvalue weighted by Gasteiger charge is 2.61. The van der Waals surface area contributed by atoms with Gasteiger partial charge in [0.1, 0.15) is 17.6 Å². The fourth-order valence-corrected chi connectivity index (χ4v) is 13.4. The van der Waals surface area contributed by atoms with Crippen LogP contribution in [0.15, 0.2) is 144 Å². The summed E-state index contributed by atoms with van der Waals surface area (Å²) in [7, 11) is -2.49. The number of rotatable bonds is 7. The Bertz CT molecular complexity index is 1730. The Morgan fingerprint density at radius 1 is 0.583 bits per heavy atom. The maximum absolute atomic E-state index is 15.1. The van der Waals surface area contributed by atoms with Crippen molar-refractivity contribution in [2.45, 2.75) is 49.7 Å². The first-order valence-electron chi connectivity index (χ1n) is 16.0. The van der Waals surface area contributed by atoms with Crippen molar-refractivity contribution >= 4 is 37.1 Å². The minimum Gasteiger partial charge on any atom is -0.400 e. The van der Waals surface area contributed by atoms with Crippen molar-refractivity contribution in [1.82, 2.24) is 0 Å². The van der Waals surface area contributed by atoms with Crippen LogP contribution in [0, 0.1) is 11.8 Å². The number of benzene rings is 4. The van der Waals surface area contributed by atoms with E-state index in [1.54, 1.807) is 0 Å². The molecule has 0 saturated carbocycles. The molecule has 0 aromatic heterocycles. The summed E-state index contributed by atoms with van der Waals surface area (Å²) in [5.41, 5.74) is -0.283. The van der Waals surface area contributed by atoms with E-state index in [0.717, 1.165) is 26.5 Å². The predicted molar refractivity (Wildman–Crippen MR) is 180 cm³/mol. The third-order valence-electron chi connectivity index (χ3n) is 9.39. The molecular weight excluding hydrogens is 658 g/mol. The van der Waals surface area contributed by atoms with Gasteiger partial charge in [-0.3, -0.25) is 9.47 Å². The Hall–Kier alpha value is -3.54. The van der Waals surface area contributed by atoms with Crippen molar-refractivity contribution < 1.29 is 36.5 Å². The maximum atomic E-state index is 15.1. The van der Waals surface area contributed by atoms with E-state index in [2.05, 4.69) is 24.3 Å². The summed E-state index contributed by atoms with van der Waals surface area (Å²) >= 11 is 0. The fraction of sp³-hybridized carbons (Fsp3) is 0.263. The van der Waals surface area contributed by atoms with E-state index < -0.39 is 52.5 Å². The van der Waals surface area contributed by atoms with Crippen LogP contribution in [0.2, 0.25) is 0 Å². The molecular formula is C38H32F4O4P2. The molecule has 1 saturated heterocycles. The number of allylic oxidation sites excluding steroid dienone is 2. The lowest BCUT2D eigenvalue weighted by molar-refractivity contribution is -0.353. The fourth-order valence-electron chi connectivity index (χ4n) is 7.63. The second kappa shape index (κ2) is 12.7. The summed E-state index contributed by atoms with van der Waals surface area (Å²) in [4.78, 5) is 0. The first kappa shape index (κ1) is 31.7. The first-order chi connectivity index (χ1) is 23.3. The summed E-state index contributed by atoms with van der Waals surface area (Å²) in [6.07, 6.45) is -6.83. The molecule has 4 nitrogen and oxygen atoms in total. The molecule has 0 amide bonds. The summed E-state index contributed by atoms with van der Waals surface area (Å²) in [6.45, 7) is 0. The van der Waals surface area contributed by atoms with Gasteiger partial charge in [-0.15, -0.1) is 17.6 Å². The summed E-state index contributed by atoms with van der Waals surface area (Å²) < 4.78 is 81.6. The molecule has 10 heteroatoms. The molecule has 4 aromatic carbocycles. The number of alkyl halides is 4. The number of ether oxygens (including phenoxy) is 4. The van der Waals surface area contributed by atoms with Gasteiger partial charge in [0.05, 0.1) is 6.10 Å². The van der Waals surface area contributed by atoms with Crippen molar-refractivity contribution in [3.8, 4) is 0 Å². The zero-order valence-corrected chi connectivity index (χ0v) is 27.5. The molecule has 2 aliphatic heterocycles. The van der Waals surface area contributed by atoms with Crippen LogP contribution < -0.4 is 21.2 Å². The van der Waals surface area contributed by atoms with Gasteiger partial charge in [-0.25, -0.2) is 0 Å². The highest BCUT2D eigenvalue weighted by molar-refractivity contribution is 7.76. The lowest BCUT2D eigenvalue weighted by Gasteiger charge is -2.46. The average Bonchev–Trinajstić information content (AvgIpc) is 3.60. The van der Waals surface area contributed by atoms with Gasteiger partial charge in [-0.05, 0) is 60.9 Å². The molecule has 0 radical (unpaired) electrons. The molecule has 0 spiro atoms. The van der Waals surface area contributed by atoms with Crippen LogP contribution in [-0.4, -0.2) is 30.5 Å².